The minimum absolute atomic E-state index is 0.0298. The maximum absolute atomic E-state index is 11.7. The molecule has 4 heteroatoms. The lowest BCUT2D eigenvalue weighted by atomic mass is 10.1. The van der Waals surface area contributed by atoms with Crippen LogP contribution >= 0.6 is 15.9 Å². The Morgan fingerprint density at radius 1 is 1.62 bits per heavy atom. The fraction of sp³-hybridized carbons (Fsp3) is 0.333. The van der Waals surface area contributed by atoms with Crippen LogP contribution in [0, 0.1) is 5.92 Å². The molecule has 1 aliphatic carbocycles. The minimum atomic E-state index is 0.0298. The van der Waals surface area contributed by atoms with Gasteiger partial charge in [0.2, 0.25) is 5.91 Å². The maximum Gasteiger partial charge on any atom is 0.226 e. The summed E-state index contributed by atoms with van der Waals surface area (Å²) < 4.78 is 0.915. The Labute approximate surface area is 103 Å². The number of carbonyl (C=O) groups is 1. The summed E-state index contributed by atoms with van der Waals surface area (Å²) in [6.07, 6.45) is 8.63. The lowest BCUT2D eigenvalue weighted by Gasteiger charge is -2.08. The highest BCUT2D eigenvalue weighted by molar-refractivity contribution is 9.10. The Hall–Kier alpha value is -1.16. The van der Waals surface area contributed by atoms with Gasteiger partial charge in [0.15, 0.2) is 0 Å². The van der Waals surface area contributed by atoms with E-state index in [-0.39, 0.29) is 5.91 Å². The molecule has 0 saturated heterocycles. The van der Waals surface area contributed by atoms with E-state index < -0.39 is 0 Å². The molecule has 2 rings (SSSR count). The molecule has 84 valence electrons. The number of rotatable bonds is 3. The Kier molecular flexibility index (Phi) is 3.72. The van der Waals surface area contributed by atoms with Crippen LogP contribution in [0.25, 0.3) is 0 Å². The fourth-order valence-electron chi connectivity index (χ4n) is 1.77. The van der Waals surface area contributed by atoms with Crippen molar-refractivity contribution in [3.8, 4) is 0 Å². The molecule has 1 aromatic heterocycles. The summed E-state index contributed by atoms with van der Waals surface area (Å²) in [5.41, 5.74) is 0. The molecule has 0 fully saturated rings. The van der Waals surface area contributed by atoms with E-state index in [9.17, 15) is 4.79 Å². The molecule has 3 nitrogen and oxygen atoms in total. The van der Waals surface area contributed by atoms with Gasteiger partial charge in [-0.1, -0.05) is 28.1 Å². The van der Waals surface area contributed by atoms with Crippen LogP contribution in [0.4, 0.5) is 5.82 Å². The predicted molar refractivity (Wildman–Crippen MR) is 67.0 cm³/mol. The van der Waals surface area contributed by atoms with Gasteiger partial charge in [0.25, 0.3) is 0 Å². The van der Waals surface area contributed by atoms with E-state index in [1.165, 1.54) is 0 Å². The molecule has 1 amide bonds. The number of anilines is 1. The van der Waals surface area contributed by atoms with Crippen molar-refractivity contribution >= 4 is 27.7 Å². The molecule has 0 bridgehead atoms. The number of halogens is 1. The molecule has 0 radical (unpaired) electrons. The lowest BCUT2D eigenvalue weighted by Crippen LogP contribution is -2.15. The second kappa shape index (κ2) is 5.25. The number of pyridine rings is 1. The number of nitrogens with zero attached hydrogens (tertiary/aromatic N) is 1. The van der Waals surface area contributed by atoms with Gasteiger partial charge in [-0.3, -0.25) is 4.79 Å². The fourth-order valence-corrected chi connectivity index (χ4v) is 2.11. The molecule has 1 aliphatic rings. The standard InChI is InChI=1S/C12H13BrN2O/c13-10-5-6-14-11(8-10)15-12(16)7-9-3-1-2-4-9/h1,3,5-6,8-9H,2,4,7H2,(H,14,15,16). The Morgan fingerprint density at radius 3 is 3.19 bits per heavy atom. The highest BCUT2D eigenvalue weighted by Crippen LogP contribution is 2.21. The van der Waals surface area contributed by atoms with Crippen molar-refractivity contribution in [2.75, 3.05) is 5.32 Å². The molecule has 1 unspecified atom stereocenters. The van der Waals surface area contributed by atoms with Crippen LogP contribution in [0.1, 0.15) is 19.3 Å². The van der Waals surface area contributed by atoms with Crippen molar-refractivity contribution in [3.63, 3.8) is 0 Å². The Balaban J connectivity index is 1.89. The van der Waals surface area contributed by atoms with Crippen LogP contribution in [-0.2, 0) is 4.79 Å². The van der Waals surface area contributed by atoms with Gasteiger partial charge in [0.1, 0.15) is 5.82 Å². The van der Waals surface area contributed by atoms with Crippen LogP contribution in [0.2, 0.25) is 0 Å². The van der Waals surface area contributed by atoms with E-state index in [4.69, 9.17) is 0 Å². The Bertz CT molecular complexity index is 417. The van der Waals surface area contributed by atoms with Crippen LogP contribution in [0.3, 0.4) is 0 Å². The third-order valence-electron chi connectivity index (χ3n) is 2.55. The van der Waals surface area contributed by atoms with Crippen molar-refractivity contribution in [1.82, 2.24) is 4.98 Å². The SMILES string of the molecule is O=C(CC1C=CCC1)Nc1cc(Br)ccn1. The normalized spacial score (nSPS) is 18.7. The Morgan fingerprint density at radius 2 is 2.50 bits per heavy atom. The van der Waals surface area contributed by atoms with Gasteiger partial charge in [0, 0.05) is 17.1 Å². The van der Waals surface area contributed by atoms with Crippen molar-refractivity contribution in [2.45, 2.75) is 19.3 Å². The first-order chi connectivity index (χ1) is 7.74. The zero-order chi connectivity index (χ0) is 11.4. The van der Waals surface area contributed by atoms with Gasteiger partial charge in [-0.25, -0.2) is 4.98 Å². The van der Waals surface area contributed by atoms with Gasteiger partial charge in [0.05, 0.1) is 0 Å². The molecule has 0 aliphatic heterocycles. The number of carbonyl (C=O) groups excluding carboxylic acids is 1. The van der Waals surface area contributed by atoms with E-state index in [1.54, 1.807) is 12.3 Å². The van der Waals surface area contributed by atoms with Crippen molar-refractivity contribution in [3.05, 3.63) is 35.0 Å². The average Bonchev–Trinajstić information content (AvgIpc) is 2.70. The highest BCUT2D eigenvalue weighted by atomic mass is 79.9. The summed E-state index contributed by atoms with van der Waals surface area (Å²) >= 11 is 3.34. The van der Waals surface area contributed by atoms with Crippen LogP contribution < -0.4 is 5.32 Å². The summed E-state index contributed by atoms with van der Waals surface area (Å²) in [5.74, 6) is 1.02. The second-order valence-electron chi connectivity index (χ2n) is 3.88. The van der Waals surface area contributed by atoms with Gasteiger partial charge >= 0.3 is 0 Å². The molecule has 0 spiro atoms. The molecule has 16 heavy (non-hydrogen) atoms. The van der Waals surface area contributed by atoms with Crippen LogP contribution in [0.5, 0.6) is 0 Å². The van der Waals surface area contributed by atoms with Gasteiger partial charge < -0.3 is 5.32 Å². The van der Waals surface area contributed by atoms with E-state index in [1.807, 2.05) is 6.07 Å². The topological polar surface area (TPSA) is 42.0 Å². The number of nitrogens with one attached hydrogen (secondary N) is 1. The number of amides is 1. The zero-order valence-electron chi connectivity index (χ0n) is 8.82. The molecule has 1 N–H and O–H groups in total. The van der Waals surface area contributed by atoms with E-state index in [0.717, 1.165) is 17.3 Å². The monoisotopic (exact) mass is 280 g/mol. The number of hydrogen-bond acceptors (Lipinski definition) is 2. The predicted octanol–water partition coefficient (Wildman–Crippen LogP) is 3.14. The van der Waals surface area contributed by atoms with Gasteiger partial charge in [-0.2, -0.15) is 0 Å². The molecule has 0 saturated carbocycles. The summed E-state index contributed by atoms with van der Waals surface area (Å²) in [7, 11) is 0. The van der Waals surface area contributed by atoms with E-state index in [2.05, 4.69) is 38.4 Å². The van der Waals surface area contributed by atoms with E-state index in [0.29, 0.717) is 18.2 Å². The number of hydrogen-bond donors (Lipinski definition) is 1. The minimum Gasteiger partial charge on any atom is -0.311 e. The summed E-state index contributed by atoms with van der Waals surface area (Å²) in [6.45, 7) is 0. The molecule has 1 heterocycles. The first kappa shape index (κ1) is 11.3. The average molecular weight is 281 g/mol. The number of allylic oxidation sites excluding steroid dienone is 2. The quantitative estimate of drug-likeness (QED) is 0.865. The van der Waals surface area contributed by atoms with Gasteiger partial charge in [-0.15, -0.1) is 0 Å². The van der Waals surface area contributed by atoms with Crippen LogP contribution in [0.15, 0.2) is 35.0 Å². The third kappa shape index (κ3) is 3.17. The van der Waals surface area contributed by atoms with Crippen molar-refractivity contribution < 1.29 is 4.79 Å². The smallest absolute Gasteiger partial charge is 0.226 e. The molecular formula is C12H13BrN2O. The lowest BCUT2D eigenvalue weighted by molar-refractivity contribution is -0.116. The maximum atomic E-state index is 11.7. The summed E-state index contributed by atoms with van der Waals surface area (Å²) in [6, 6.07) is 3.62. The second-order valence-corrected chi connectivity index (χ2v) is 4.79. The molecular weight excluding hydrogens is 268 g/mol. The molecule has 1 aromatic rings. The largest absolute Gasteiger partial charge is 0.311 e. The molecule has 1 atom stereocenters. The van der Waals surface area contributed by atoms with E-state index >= 15 is 0 Å². The zero-order valence-corrected chi connectivity index (χ0v) is 10.4. The summed E-state index contributed by atoms with van der Waals surface area (Å²) in [4.78, 5) is 15.8. The summed E-state index contributed by atoms with van der Waals surface area (Å²) in [5, 5.41) is 2.80. The van der Waals surface area contributed by atoms with Gasteiger partial charge in [-0.05, 0) is 30.9 Å². The first-order valence-electron chi connectivity index (χ1n) is 5.32. The van der Waals surface area contributed by atoms with Crippen molar-refractivity contribution in [2.24, 2.45) is 5.92 Å². The molecule has 0 aromatic carbocycles. The first-order valence-corrected chi connectivity index (χ1v) is 6.11. The van der Waals surface area contributed by atoms with Crippen LogP contribution in [-0.4, -0.2) is 10.9 Å². The van der Waals surface area contributed by atoms with Crippen molar-refractivity contribution in [1.29, 1.82) is 0 Å². The number of aromatic nitrogens is 1. The highest BCUT2D eigenvalue weighted by Gasteiger charge is 2.14. The third-order valence-corrected chi connectivity index (χ3v) is 3.04.